The molecule has 4 heteroatoms. The van der Waals surface area contributed by atoms with Crippen LogP contribution in [0, 0.1) is 6.92 Å². The molecule has 0 saturated carbocycles. The number of benzene rings is 1. The molecule has 1 saturated heterocycles. The fourth-order valence-electron chi connectivity index (χ4n) is 2.48. The number of aryl methyl sites for hydroxylation is 2. The lowest BCUT2D eigenvalue weighted by Gasteiger charge is -2.22. The van der Waals surface area contributed by atoms with E-state index in [9.17, 15) is 4.79 Å². The van der Waals surface area contributed by atoms with E-state index in [1.807, 2.05) is 0 Å². The highest BCUT2D eigenvalue weighted by molar-refractivity contribution is 5.76. The lowest BCUT2D eigenvalue weighted by molar-refractivity contribution is -0.121. The standard InChI is InChI=1S/C17H26N2O2/c1-14-2-4-15(5-3-14)6-7-17(20)19-12-13-21-16-8-10-18-11-9-16/h2-5,16,18H,6-13H2,1H3,(H,19,20). The van der Waals surface area contributed by atoms with Gasteiger partial charge in [-0.25, -0.2) is 0 Å². The quantitative estimate of drug-likeness (QED) is 0.753. The van der Waals surface area contributed by atoms with Gasteiger partial charge in [-0.1, -0.05) is 29.8 Å². The van der Waals surface area contributed by atoms with Crippen molar-refractivity contribution in [2.45, 2.75) is 38.7 Å². The molecule has 1 amide bonds. The number of nitrogens with one attached hydrogen (secondary N) is 2. The second kappa shape index (κ2) is 8.80. The summed E-state index contributed by atoms with van der Waals surface area (Å²) < 4.78 is 5.75. The molecule has 0 aliphatic carbocycles. The molecule has 116 valence electrons. The number of carbonyl (C=O) groups is 1. The van der Waals surface area contributed by atoms with Crippen molar-refractivity contribution < 1.29 is 9.53 Å². The van der Waals surface area contributed by atoms with Gasteiger partial charge in [-0.15, -0.1) is 0 Å². The minimum Gasteiger partial charge on any atom is -0.376 e. The van der Waals surface area contributed by atoms with Gasteiger partial charge in [0.25, 0.3) is 0 Å². The first kappa shape index (κ1) is 16.0. The SMILES string of the molecule is Cc1ccc(CCC(=O)NCCOC2CCNCC2)cc1. The first-order valence-electron chi connectivity index (χ1n) is 7.88. The van der Waals surface area contributed by atoms with E-state index in [2.05, 4.69) is 41.8 Å². The van der Waals surface area contributed by atoms with Gasteiger partial charge in [-0.3, -0.25) is 4.79 Å². The van der Waals surface area contributed by atoms with Gasteiger partial charge in [0.05, 0.1) is 12.7 Å². The molecule has 4 nitrogen and oxygen atoms in total. The van der Waals surface area contributed by atoms with Gasteiger partial charge in [0.15, 0.2) is 0 Å². The molecule has 21 heavy (non-hydrogen) atoms. The number of carbonyl (C=O) groups excluding carboxylic acids is 1. The number of hydrogen-bond acceptors (Lipinski definition) is 3. The number of rotatable bonds is 7. The largest absolute Gasteiger partial charge is 0.376 e. The summed E-state index contributed by atoms with van der Waals surface area (Å²) in [5, 5.41) is 6.23. The maximum absolute atomic E-state index is 11.8. The van der Waals surface area contributed by atoms with Crippen molar-refractivity contribution >= 4 is 5.91 Å². The minimum atomic E-state index is 0.101. The number of ether oxygens (including phenoxy) is 1. The molecule has 0 atom stereocenters. The van der Waals surface area contributed by atoms with E-state index in [0.29, 0.717) is 25.7 Å². The molecule has 1 fully saturated rings. The van der Waals surface area contributed by atoms with Crippen molar-refractivity contribution in [3.8, 4) is 0 Å². The van der Waals surface area contributed by atoms with E-state index in [0.717, 1.165) is 32.4 Å². The Morgan fingerprint density at radius 1 is 1.29 bits per heavy atom. The molecular formula is C17H26N2O2. The Bertz CT molecular complexity index is 425. The Morgan fingerprint density at radius 2 is 2.00 bits per heavy atom. The van der Waals surface area contributed by atoms with Crippen LogP contribution in [0.4, 0.5) is 0 Å². The highest BCUT2D eigenvalue weighted by atomic mass is 16.5. The van der Waals surface area contributed by atoms with Crippen LogP contribution in [0.1, 0.15) is 30.4 Å². The molecule has 0 bridgehead atoms. The summed E-state index contributed by atoms with van der Waals surface area (Å²) in [4.78, 5) is 11.8. The van der Waals surface area contributed by atoms with Crippen LogP contribution in [-0.2, 0) is 16.0 Å². The van der Waals surface area contributed by atoms with Gasteiger partial charge >= 0.3 is 0 Å². The summed E-state index contributed by atoms with van der Waals surface area (Å²) >= 11 is 0. The van der Waals surface area contributed by atoms with Crippen LogP contribution >= 0.6 is 0 Å². The number of amides is 1. The fourth-order valence-corrected chi connectivity index (χ4v) is 2.48. The smallest absolute Gasteiger partial charge is 0.220 e. The molecule has 1 aliphatic heterocycles. The van der Waals surface area contributed by atoms with Gasteiger partial charge in [0, 0.05) is 13.0 Å². The highest BCUT2D eigenvalue weighted by Crippen LogP contribution is 2.07. The summed E-state index contributed by atoms with van der Waals surface area (Å²) in [6.07, 6.45) is 3.83. The van der Waals surface area contributed by atoms with Crippen LogP contribution in [-0.4, -0.2) is 38.3 Å². The summed E-state index contributed by atoms with van der Waals surface area (Å²) in [5.41, 5.74) is 2.46. The van der Waals surface area contributed by atoms with Crippen LogP contribution in [0.3, 0.4) is 0 Å². The molecule has 1 aliphatic rings. The first-order chi connectivity index (χ1) is 10.2. The maximum atomic E-state index is 11.8. The molecule has 1 aromatic carbocycles. The molecule has 2 rings (SSSR count). The van der Waals surface area contributed by atoms with Gasteiger partial charge in [-0.05, 0) is 44.8 Å². The maximum Gasteiger partial charge on any atom is 0.220 e. The van der Waals surface area contributed by atoms with Gasteiger partial charge < -0.3 is 15.4 Å². The summed E-state index contributed by atoms with van der Waals surface area (Å²) in [6.45, 7) is 5.36. The van der Waals surface area contributed by atoms with Crippen LogP contribution in [0.2, 0.25) is 0 Å². The monoisotopic (exact) mass is 290 g/mol. The number of hydrogen-bond donors (Lipinski definition) is 2. The van der Waals surface area contributed by atoms with Crippen LogP contribution in [0.5, 0.6) is 0 Å². The Kier molecular flexibility index (Phi) is 6.70. The zero-order valence-electron chi connectivity index (χ0n) is 12.9. The Balaban J connectivity index is 1.54. The van der Waals surface area contributed by atoms with E-state index in [1.54, 1.807) is 0 Å². The van der Waals surface area contributed by atoms with Gasteiger partial charge in [0.1, 0.15) is 0 Å². The molecule has 1 heterocycles. The predicted molar refractivity (Wildman–Crippen MR) is 84.4 cm³/mol. The number of piperidine rings is 1. The Hall–Kier alpha value is -1.39. The van der Waals surface area contributed by atoms with E-state index in [-0.39, 0.29) is 5.91 Å². The fraction of sp³-hybridized carbons (Fsp3) is 0.588. The molecule has 2 N–H and O–H groups in total. The van der Waals surface area contributed by atoms with Crippen molar-refractivity contribution in [3.63, 3.8) is 0 Å². The molecular weight excluding hydrogens is 264 g/mol. The molecule has 0 spiro atoms. The normalized spacial score (nSPS) is 15.9. The van der Waals surface area contributed by atoms with Crippen LogP contribution in [0.25, 0.3) is 0 Å². The molecule has 1 aromatic rings. The zero-order valence-corrected chi connectivity index (χ0v) is 12.9. The third kappa shape index (κ3) is 6.27. The van der Waals surface area contributed by atoms with Crippen molar-refractivity contribution in [1.29, 1.82) is 0 Å². The summed E-state index contributed by atoms with van der Waals surface area (Å²) in [5.74, 6) is 0.101. The van der Waals surface area contributed by atoms with E-state index in [4.69, 9.17) is 4.74 Å². The predicted octanol–water partition coefficient (Wildman–Crippen LogP) is 1.81. The Morgan fingerprint density at radius 3 is 2.71 bits per heavy atom. The highest BCUT2D eigenvalue weighted by Gasteiger charge is 2.12. The topological polar surface area (TPSA) is 50.4 Å². The summed E-state index contributed by atoms with van der Waals surface area (Å²) in [7, 11) is 0. The van der Waals surface area contributed by atoms with E-state index in [1.165, 1.54) is 11.1 Å². The summed E-state index contributed by atoms with van der Waals surface area (Å²) in [6, 6.07) is 8.34. The third-order valence-corrected chi connectivity index (χ3v) is 3.83. The lowest BCUT2D eigenvalue weighted by atomic mass is 10.1. The van der Waals surface area contributed by atoms with Crippen LogP contribution < -0.4 is 10.6 Å². The van der Waals surface area contributed by atoms with Crippen molar-refractivity contribution in [2.24, 2.45) is 0 Å². The first-order valence-corrected chi connectivity index (χ1v) is 7.88. The average molecular weight is 290 g/mol. The van der Waals surface area contributed by atoms with E-state index >= 15 is 0 Å². The van der Waals surface area contributed by atoms with Crippen molar-refractivity contribution in [2.75, 3.05) is 26.2 Å². The van der Waals surface area contributed by atoms with Crippen molar-refractivity contribution in [1.82, 2.24) is 10.6 Å². The second-order valence-corrected chi connectivity index (χ2v) is 5.66. The molecule has 0 unspecified atom stereocenters. The lowest BCUT2D eigenvalue weighted by Crippen LogP contribution is -2.34. The van der Waals surface area contributed by atoms with Gasteiger partial charge in [0.2, 0.25) is 5.91 Å². The molecule has 0 radical (unpaired) electrons. The van der Waals surface area contributed by atoms with Crippen LogP contribution in [0.15, 0.2) is 24.3 Å². The molecule has 0 aromatic heterocycles. The minimum absolute atomic E-state index is 0.101. The third-order valence-electron chi connectivity index (χ3n) is 3.83. The average Bonchev–Trinajstić information content (AvgIpc) is 2.52. The van der Waals surface area contributed by atoms with Crippen molar-refractivity contribution in [3.05, 3.63) is 35.4 Å². The zero-order chi connectivity index (χ0) is 14.9. The Labute approximate surface area is 127 Å². The van der Waals surface area contributed by atoms with E-state index < -0.39 is 0 Å². The second-order valence-electron chi connectivity index (χ2n) is 5.66. The van der Waals surface area contributed by atoms with Gasteiger partial charge in [-0.2, -0.15) is 0 Å².